The molecule has 8 aromatic rings. The monoisotopic (exact) mass is 640 g/mol. The van der Waals surface area contributed by atoms with Crippen LogP contribution in [0.5, 0.6) is 0 Å². The third-order valence-corrected chi connectivity index (χ3v) is 10.9. The van der Waals surface area contributed by atoms with Gasteiger partial charge in [0.1, 0.15) is 0 Å². The van der Waals surface area contributed by atoms with E-state index in [0.717, 1.165) is 55.7 Å². The molecule has 1 aliphatic rings. The molecule has 4 heteroatoms. The van der Waals surface area contributed by atoms with E-state index in [9.17, 15) is 0 Å². The molecule has 2 heterocycles. The third-order valence-electron chi connectivity index (χ3n) is 9.41. The quantitative estimate of drug-likeness (QED) is 0.172. The molecule has 0 saturated carbocycles. The molecule has 9 rings (SSSR count). The largest absolute Gasteiger partial charge is 0.232 e. The smallest absolute Gasteiger partial charge is 0.160 e. The summed E-state index contributed by atoms with van der Waals surface area (Å²) in [4.78, 5) is 11.0. The predicted octanol–water partition coefficient (Wildman–Crippen LogP) is 12.5. The van der Waals surface area contributed by atoms with Gasteiger partial charge in [0, 0.05) is 42.8 Å². The van der Waals surface area contributed by atoms with Crippen LogP contribution in [0.15, 0.2) is 150 Å². The van der Waals surface area contributed by atoms with Gasteiger partial charge in [-0.25, -0.2) is 9.98 Å². The lowest BCUT2D eigenvalue weighted by molar-refractivity contribution is 0.791. The van der Waals surface area contributed by atoms with Gasteiger partial charge in [-0.1, -0.05) is 134 Å². The Morgan fingerprint density at radius 3 is 2.11 bits per heavy atom. The predicted molar refractivity (Wildman–Crippen MR) is 205 cm³/mol. The van der Waals surface area contributed by atoms with Crippen molar-refractivity contribution in [1.82, 2.24) is 0 Å². The number of aliphatic imine (C=N–C) groups is 2. The lowest BCUT2D eigenvalue weighted by Crippen LogP contribution is -2.17. The summed E-state index contributed by atoms with van der Waals surface area (Å²) in [5.41, 5.74) is 4.98. The molecule has 0 amide bonds. The summed E-state index contributed by atoms with van der Waals surface area (Å²) in [5, 5.41) is 10.1. The van der Waals surface area contributed by atoms with Crippen molar-refractivity contribution in [3.05, 3.63) is 161 Å². The zero-order valence-electron chi connectivity index (χ0n) is 25.7. The van der Waals surface area contributed by atoms with Crippen LogP contribution in [0.25, 0.3) is 58.2 Å². The minimum absolute atomic E-state index is 0.137. The van der Waals surface area contributed by atoms with Gasteiger partial charge in [0.05, 0.1) is 16.4 Å². The minimum atomic E-state index is 0.137. The zero-order valence-corrected chi connectivity index (χ0v) is 27.3. The van der Waals surface area contributed by atoms with E-state index in [2.05, 4.69) is 146 Å². The highest BCUT2D eigenvalue weighted by Crippen LogP contribution is 2.42. The van der Waals surface area contributed by atoms with Crippen molar-refractivity contribution < 1.29 is 0 Å². The Morgan fingerprint density at radius 1 is 0.574 bits per heavy atom. The van der Waals surface area contributed by atoms with Gasteiger partial charge in [0.15, 0.2) is 5.84 Å². The third kappa shape index (κ3) is 4.69. The number of allylic oxidation sites excluding steroid dienone is 1. The molecule has 224 valence electrons. The van der Waals surface area contributed by atoms with E-state index in [-0.39, 0.29) is 5.92 Å². The van der Waals surface area contributed by atoms with E-state index in [0.29, 0.717) is 5.84 Å². The Balaban J connectivity index is 1.34. The molecule has 1 unspecified atom stereocenters. The van der Waals surface area contributed by atoms with Gasteiger partial charge in [-0.3, -0.25) is 0 Å². The van der Waals surface area contributed by atoms with E-state index < -0.39 is 0 Å². The fourth-order valence-electron chi connectivity index (χ4n) is 7.09. The first-order valence-electron chi connectivity index (χ1n) is 16.0. The van der Waals surface area contributed by atoms with Crippen LogP contribution in [0.1, 0.15) is 30.0 Å². The number of thiophene rings is 1. The minimum Gasteiger partial charge on any atom is -0.232 e. The average molecular weight is 641 g/mol. The van der Waals surface area contributed by atoms with Crippen LogP contribution >= 0.6 is 22.9 Å². The van der Waals surface area contributed by atoms with Crippen molar-refractivity contribution in [1.29, 1.82) is 0 Å². The number of rotatable bonds is 3. The topological polar surface area (TPSA) is 24.7 Å². The van der Waals surface area contributed by atoms with Crippen LogP contribution in [-0.4, -0.2) is 11.5 Å². The summed E-state index contributed by atoms with van der Waals surface area (Å²) in [6, 6.07) is 47.3. The van der Waals surface area contributed by atoms with E-state index >= 15 is 0 Å². The summed E-state index contributed by atoms with van der Waals surface area (Å²) in [6.45, 7) is 2.27. The molecule has 0 bridgehead atoms. The molecule has 0 aliphatic carbocycles. The van der Waals surface area contributed by atoms with Gasteiger partial charge < -0.3 is 0 Å². The number of halogens is 1. The maximum Gasteiger partial charge on any atom is 0.160 e. The van der Waals surface area contributed by atoms with Crippen molar-refractivity contribution in [3.63, 3.8) is 0 Å². The van der Waals surface area contributed by atoms with E-state index in [1.807, 2.05) is 0 Å². The maximum atomic E-state index is 7.34. The van der Waals surface area contributed by atoms with Gasteiger partial charge in [0.25, 0.3) is 0 Å². The maximum absolute atomic E-state index is 7.34. The first-order chi connectivity index (χ1) is 23.1. The summed E-state index contributed by atoms with van der Waals surface area (Å²) in [5.74, 6) is 0.830. The zero-order chi connectivity index (χ0) is 31.5. The van der Waals surface area contributed by atoms with Crippen molar-refractivity contribution in [2.75, 3.05) is 0 Å². The molecule has 0 N–H and O–H groups in total. The lowest BCUT2D eigenvalue weighted by atomic mass is 9.90. The molecule has 0 radical (unpaired) electrons. The second-order valence-electron chi connectivity index (χ2n) is 12.3. The van der Waals surface area contributed by atoms with Crippen LogP contribution in [0, 0.1) is 5.92 Å². The number of hydrogen-bond donors (Lipinski definition) is 0. The first-order valence-corrected chi connectivity index (χ1v) is 17.2. The summed E-state index contributed by atoms with van der Waals surface area (Å²) >= 11 is 9.12. The summed E-state index contributed by atoms with van der Waals surface area (Å²) < 4.78 is 2.42. The second kappa shape index (κ2) is 11.3. The van der Waals surface area contributed by atoms with Gasteiger partial charge >= 0.3 is 0 Å². The van der Waals surface area contributed by atoms with Crippen LogP contribution < -0.4 is 0 Å². The molecule has 47 heavy (non-hydrogen) atoms. The molecule has 1 aromatic heterocycles. The molecule has 1 aliphatic heterocycles. The fraction of sp³-hybridized carbons (Fsp3) is 0.0698. The lowest BCUT2D eigenvalue weighted by Gasteiger charge is -2.21. The number of benzene rings is 7. The van der Waals surface area contributed by atoms with Crippen molar-refractivity contribution in [2.45, 2.75) is 13.3 Å². The SMILES string of the molecule is CC1C/C=C(\c2ccc3sc4ccccc4c3c2Cl)N=C(c2cc3ccccc3c3ccccc23)N=C1c1cccc2ccccc12. The van der Waals surface area contributed by atoms with E-state index in [4.69, 9.17) is 21.6 Å². The van der Waals surface area contributed by atoms with Gasteiger partial charge in [-0.15, -0.1) is 11.3 Å². The Kier molecular flexibility index (Phi) is 6.77. The molecule has 0 fully saturated rings. The van der Waals surface area contributed by atoms with Crippen LogP contribution in [-0.2, 0) is 0 Å². The number of fused-ring (bicyclic) bond motifs is 7. The normalized spacial score (nSPS) is 16.6. The van der Waals surface area contributed by atoms with Gasteiger partial charge in [-0.2, -0.15) is 0 Å². The summed E-state index contributed by atoms with van der Waals surface area (Å²) in [7, 11) is 0. The first kappa shape index (κ1) is 28.2. The molecule has 1 atom stereocenters. The highest BCUT2D eigenvalue weighted by molar-refractivity contribution is 7.26. The average Bonchev–Trinajstić information content (AvgIpc) is 3.50. The Bertz CT molecular complexity index is 2640. The van der Waals surface area contributed by atoms with E-state index in [1.165, 1.54) is 36.3 Å². The molecule has 0 spiro atoms. The molecular weight excluding hydrogens is 612 g/mol. The van der Waals surface area contributed by atoms with Crippen molar-refractivity contribution >= 4 is 92.7 Å². The standard InChI is InChI=1S/C43H29ClN2S/c1-26-21-23-37(34-22-24-39-40(41(34)44)35-18-8-9-20-38(35)47-39)45-43(46-42(26)33-19-10-13-27-11-2-4-14-29(27)33)36-25-28-12-3-5-15-30(28)31-16-6-7-17-32(31)36/h2-20,22-26H,21H2,1H3/b37-23+,45-43?,46-42?. The van der Waals surface area contributed by atoms with E-state index in [1.54, 1.807) is 11.3 Å². The second-order valence-corrected chi connectivity index (χ2v) is 13.7. The number of nitrogens with zero attached hydrogens (tertiary/aromatic N) is 2. The Hall–Kier alpha value is -5.09. The highest BCUT2D eigenvalue weighted by atomic mass is 35.5. The van der Waals surface area contributed by atoms with Crippen LogP contribution in [0.4, 0.5) is 0 Å². The van der Waals surface area contributed by atoms with Crippen molar-refractivity contribution in [2.24, 2.45) is 15.9 Å². The Morgan fingerprint density at radius 2 is 1.26 bits per heavy atom. The molecule has 0 saturated heterocycles. The highest BCUT2D eigenvalue weighted by Gasteiger charge is 2.23. The van der Waals surface area contributed by atoms with Crippen LogP contribution in [0.2, 0.25) is 5.02 Å². The molecule has 7 aromatic carbocycles. The molecule has 2 nitrogen and oxygen atoms in total. The van der Waals surface area contributed by atoms with Gasteiger partial charge in [-0.05, 0) is 63.0 Å². The molecular formula is C43H29ClN2S. The van der Waals surface area contributed by atoms with Crippen LogP contribution in [0.3, 0.4) is 0 Å². The fourth-order valence-corrected chi connectivity index (χ4v) is 8.62. The number of amidine groups is 1. The number of hydrogen-bond acceptors (Lipinski definition) is 3. The summed E-state index contributed by atoms with van der Waals surface area (Å²) in [6.07, 6.45) is 3.04. The Labute approximate surface area is 282 Å². The van der Waals surface area contributed by atoms with Gasteiger partial charge in [0.2, 0.25) is 0 Å². The van der Waals surface area contributed by atoms with Crippen molar-refractivity contribution in [3.8, 4) is 0 Å².